The van der Waals surface area contributed by atoms with Gasteiger partial charge in [-0.1, -0.05) is 0 Å². The molecule has 0 aromatic carbocycles. The van der Waals surface area contributed by atoms with E-state index in [1.165, 1.54) is 0 Å². The van der Waals surface area contributed by atoms with E-state index >= 15 is 0 Å². The molecule has 4 nitrogen and oxygen atoms in total. The van der Waals surface area contributed by atoms with Crippen molar-refractivity contribution >= 4 is 11.2 Å². The number of H-pyrrole nitrogens is 2. The van der Waals surface area contributed by atoms with Crippen LogP contribution in [0.3, 0.4) is 0 Å². The fraction of sp³-hybridized carbons (Fsp3) is 0.286. The van der Waals surface area contributed by atoms with Crippen LogP contribution in [-0.4, -0.2) is 21.6 Å². The Morgan fingerprint density at radius 3 is 3.27 bits per heavy atom. The average Bonchev–Trinajstić information content (AvgIpc) is 2.46. The van der Waals surface area contributed by atoms with Crippen LogP contribution in [0.5, 0.6) is 6.01 Å². The number of hydrogen-bond acceptors (Lipinski definition) is 2. The molecule has 2 rings (SSSR count). The molecule has 2 aromatic rings. The Hall–Kier alpha value is -1.45. The summed E-state index contributed by atoms with van der Waals surface area (Å²) in [6.45, 7) is 2.56. The van der Waals surface area contributed by atoms with Gasteiger partial charge in [0.25, 0.3) is 6.01 Å². The Bertz CT molecular complexity index is 321. The molecule has 0 aliphatic rings. The standard InChI is InChI=1S/C7H9N3O/c1-2-11-7-9-5-3-4-8-6(5)10-7/h3-4,8H,2H2,1H3,(H,9,10). The Morgan fingerprint density at radius 1 is 1.64 bits per heavy atom. The highest BCUT2D eigenvalue weighted by Crippen LogP contribution is 2.12. The van der Waals surface area contributed by atoms with Gasteiger partial charge in [-0.25, -0.2) is 0 Å². The van der Waals surface area contributed by atoms with Gasteiger partial charge in [0.15, 0.2) is 5.65 Å². The second-order valence-electron chi connectivity index (χ2n) is 2.21. The van der Waals surface area contributed by atoms with E-state index in [0.29, 0.717) is 12.6 Å². The molecule has 58 valence electrons. The van der Waals surface area contributed by atoms with Crippen LogP contribution in [0.2, 0.25) is 0 Å². The third kappa shape index (κ3) is 0.960. The van der Waals surface area contributed by atoms with Crippen LogP contribution in [0.25, 0.3) is 11.2 Å². The molecule has 0 amide bonds. The molecule has 0 spiro atoms. The van der Waals surface area contributed by atoms with Crippen molar-refractivity contribution in [2.75, 3.05) is 6.61 Å². The summed E-state index contributed by atoms with van der Waals surface area (Å²) < 4.78 is 5.16. The first-order chi connectivity index (χ1) is 5.40. The fourth-order valence-electron chi connectivity index (χ4n) is 1.00. The molecule has 2 aromatic heterocycles. The molecule has 0 radical (unpaired) electrons. The molecule has 0 bridgehead atoms. The molecule has 0 atom stereocenters. The summed E-state index contributed by atoms with van der Waals surface area (Å²) in [5.41, 5.74) is 1.82. The molecular weight excluding hydrogens is 142 g/mol. The number of nitrogens with zero attached hydrogens (tertiary/aromatic N) is 1. The largest absolute Gasteiger partial charge is 0.465 e. The van der Waals surface area contributed by atoms with Gasteiger partial charge in [0, 0.05) is 6.20 Å². The lowest BCUT2D eigenvalue weighted by Gasteiger charge is -1.93. The van der Waals surface area contributed by atoms with Gasteiger partial charge < -0.3 is 14.7 Å². The Kier molecular flexibility index (Phi) is 1.31. The molecule has 4 heteroatoms. The second-order valence-corrected chi connectivity index (χ2v) is 2.21. The number of rotatable bonds is 2. The van der Waals surface area contributed by atoms with Crippen molar-refractivity contribution in [3.05, 3.63) is 12.3 Å². The quantitative estimate of drug-likeness (QED) is 0.679. The average molecular weight is 151 g/mol. The highest BCUT2D eigenvalue weighted by atomic mass is 16.5. The smallest absolute Gasteiger partial charge is 0.296 e. The molecule has 0 fully saturated rings. The predicted octanol–water partition coefficient (Wildman–Crippen LogP) is 1.29. The SMILES string of the molecule is CCOc1nc2[nH]ccc2[nH]1. The number of ether oxygens (including phenoxy) is 1. The summed E-state index contributed by atoms with van der Waals surface area (Å²) in [5, 5.41) is 0. The third-order valence-electron chi connectivity index (χ3n) is 1.46. The van der Waals surface area contributed by atoms with Crippen molar-refractivity contribution in [3.8, 4) is 6.01 Å². The van der Waals surface area contributed by atoms with Gasteiger partial charge in [0.05, 0.1) is 12.1 Å². The zero-order valence-electron chi connectivity index (χ0n) is 6.22. The van der Waals surface area contributed by atoms with Gasteiger partial charge in [0.1, 0.15) is 0 Å². The van der Waals surface area contributed by atoms with Crippen molar-refractivity contribution in [1.29, 1.82) is 0 Å². The van der Waals surface area contributed by atoms with Crippen LogP contribution in [0.1, 0.15) is 6.92 Å². The van der Waals surface area contributed by atoms with Crippen molar-refractivity contribution in [2.24, 2.45) is 0 Å². The van der Waals surface area contributed by atoms with E-state index in [2.05, 4.69) is 15.0 Å². The zero-order chi connectivity index (χ0) is 7.68. The van der Waals surface area contributed by atoms with Crippen LogP contribution in [-0.2, 0) is 0 Å². The minimum Gasteiger partial charge on any atom is -0.465 e. The maximum absolute atomic E-state index is 5.16. The van der Waals surface area contributed by atoms with E-state index in [0.717, 1.165) is 11.2 Å². The van der Waals surface area contributed by atoms with E-state index in [1.54, 1.807) is 0 Å². The van der Waals surface area contributed by atoms with E-state index in [9.17, 15) is 0 Å². The van der Waals surface area contributed by atoms with Gasteiger partial charge in [-0.3, -0.25) is 0 Å². The predicted molar refractivity (Wildman–Crippen MR) is 41.6 cm³/mol. The minimum absolute atomic E-state index is 0.578. The topological polar surface area (TPSA) is 53.7 Å². The highest BCUT2D eigenvalue weighted by Gasteiger charge is 2.01. The lowest BCUT2D eigenvalue weighted by molar-refractivity contribution is 0.317. The second kappa shape index (κ2) is 2.30. The lowest BCUT2D eigenvalue weighted by atomic mass is 10.6. The maximum atomic E-state index is 5.16. The third-order valence-corrected chi connectivity index (χ3v) is 1.46. The van der Waals surface area contributed by atoms with E-state index in [4.69, 9.17) is 4.74 Å². The Labute approximate surface area is 63.6 Å². The van der Waals surface area contributed by atoms with Gasteiger partial charge in [0.2, 0.25) is 0 Å². The first kappa shape index (κ1) is 6.27. The normalized spacial score (nSPS) is 10.6. The maximum Gasteiger partial charge on any atom is 0.296 e. The Balaban J connectivity index is 2.42. The minimum atomic E-state index is 0.578. The zero-order valence-corrected chi connectivity index (χ0v) is 6.22. The number of imidazole rings is 1. The monoisotopic (exact) mass is 151 g/mol. The van der Waals surface area contributed by atoms with Gasteiger partial charge in [-0.15, -0.1) is 0 Å². The molecule has 0 unspecified atom stereocenters. The molecule has 0 saturated carbocycles. The summed E-state index contributed by atoms with van der Waals surface area (Å²) >= 11 is 0. The molecule has 0 aliphatic carbocycles. The summed E-state index contributed by atoms with van der Waals surface area (Å²) in [6, 6.07) is 2.50. The van der Waals surface area contributed by atoms with Crippen LogP contribution >= 0.6 is 0 Å². The molecular formula is C7H9N3O. The Morgan fingerprint density at radius 2 is 2.55 bits per heavy atom. The number of aromatic nitrogens is 3. The molecule has 2 heterocycles. The lowest BCUT2D eigenvalue weighted by Crippen LogP contribution is -1.92. The molecule has 11 heavy (non-hydrogen) atoms. The fourth-order valence-corrected chi connectivity index (χ4v) is 1.00. The number of fused-ring (bicyclic) bond motifs is 1. The highest BCUT2D eigenvalue weighted by molar-refractivity contribution is 5.71. The summed E-state index contributed by atoms with van der Waals surface area (Å²) in [4.78, 5) is 10.1. The van der Waals surface area contributed by atoms with Gasteiger partial charge in [-0.05, 0) is 13.0 Å². The van der Waals surface area contributed by atoms with Gasteiger partial charge >= 0.3 is 0 Å². The van der Waals surface area contributed by atoms with Crippen LogP contribution < -0.4 is 4.74 Å². The van der Waals surface area contributed by atoms with Crippen LogP contribution in [0.15, 0.2) is 12.3 Å². The van der Waals surface area contributed by atoms with Crippen molar-refractivity contribution < 1.29 is 4.74 Å². The van der Waals surface area contributed by atoms with Crippen molar-refractivity contribution in [1.82, 2.24) is 15.0 Å². The first-order valence-electron chi connectivity index (χ1n) is 3.56. The molecule has 0 saturated heterocycles. The summed E-state index contributed by atoms with van der Waals surface area (Å²) in [7, 11) is 0. The number of hydrogen-bond donors (Lipinski definition) is 2. The number of aromatic amines is 2. The van der Waals surface area contributed by atoms with E-state index < -0.39 is 0 Å². The number of nitrogens with one attached hydrogen (secondary N) is 2. The summed E-state index contributed by atoms with van der Waals surface area (Å²) in [6.07, 6.45) is 1.84. The summed E-state index contributed by atoms with van der Waals surface area (Å²) in [5.74, 6) is 0. The van der Waals surface area contributed by atoms with Crippen molar-refractivity contribution in [3.63, 3.8) is 0 Å². The van der Waals surface area contributed by atoms with Crippen molar-refractivity contribution in [2.45, 2.75) is 6.92 Å². The van der Waals surface area contributed by atoms with Crippen LogP contribution in [0.4, 0.5) is 0 Å². The van der Waals surface area contributed by atoms with Crippen LogP contribution in [0, 0.1) is 0 Å². The molecule has 0 aliphatic heterocycles. The van der Waals surface area contributed by atoms with Gasteiger partial charge in [-0.2, -0.15) is 4.98 Å². The van der Waals surface area contributed by atoms with E-state index in [-0.39, 0.29) is 0 Å². The van der Waals surface area contributed by atoms with E-state index in [1.807, 2.05) is 19.2 Å². The first-order valence-corrected chi connectivity index (χ1v) is 3.56. The molecule has 2 N–H and O–H groups in total.